The van der Waals surface area contributed by atoms with Crippen LogP contribution in [0.15, 0.2) is 40.9 Å². The van der Waals surface area contributed by atoms with Gasteiger partial charge < -0.3 is 0 Å². The Labute approximate surface area is 136 Å². The van der Waals surface area contributed by atoms with Crippen molar-refractivity contribution in [2.24, 2.45) is 0 Å². The summed E-state index contributed by atoms with van der Waals surface area (Å²) in [4.78, 5) is 0. The van der Waals surface area contributed by atoms with Crippen LogP contribution in [0.4, 0.5) is 0 Å². The van der Waals surface area contributed by atoms with E-state index in [1.165, 1.54) is 57.1 Å². The molecule has 2 aromatic rings. The minimum atomic E-state index is 1.04. The van der Waals surface area contributed by atoms with Gasteiger partial charge in [-0.2, -0.15) is 0 Å². The standard InChI is InChI=1S/C20H21Br/c1-3-4-6-15-9-11-16(12-10-15)20-14(2)13-19(21)17-7-5-8-18(17)20/h5,8-13H,3-4,6-7H2,1-2H3. The van der Waals surface area contributed by atoms with Crippen LogP contribution in [-0.4, -0.2) is 0 Å². The third-order valence-electron chi connectivity index (χ3n) is 4.29. The van der Waals surface area contributed by atoms with Gasteiger partial charge >= 0.3 is 0 Å². The number of unbranched alkanes of at least 4 members (excludes halogenated alkanes) is 1. The fraction of sp³-hybridized carbons (Fsp3) is 0.300. The lowest BCUT2D eigenvalue weighted by Gasteiger charge is -2.14. The highest BCUT2D eigenvalue weighted by atomic mass is 79.9. The van der Waals surface area contributed by atoms with E-state index in [9.17, 15) is 0 Å². The highest BCUT2D eigenvalue weighted by molar-refractivity contribution is 9.10. The fourth-order valence-electron chi connectivity index (χ4n) is 3.13. The van der Waals surface area contributed by atoms with Crippen molar-refractivity contribution in [3.05, 3.63) is 63.1 Å². The maximum absolute atomic E-state index is 3.70. The molecule has 0 bridgehead atoms. The van der Waals surface area contributed by atoms with E-state index in [1.54, 1.807) is 0 Å². The molecule has 108 valence electrons. The molecule has 21 heavy (non-hydrogen) atoms. The molecule has 0 spiro atoms. The highest BCUT2D eigenvalue weighted by Crippen LogP contribution is 2.38. The zero-order chi connectivity index (χ0) is 14.8. The van der Waals surface area contributed by atoms with Gasteiger partial charge in [0.05, 0.1) is 0 Å². The van der Waals surface area contributed by atoms with Gasteiger partial charge in [0, 0.05) is 4.47 Å². The first-order chi connectivity index (χ1) is 10.2. The van der Waals surface area contributed by atoms with Crippen LogP contribution in [0.1, 0.15) is 42.0 Å². The Bertz CT molecular complexity index is 678. The summed E-state index contributed by atoms with van der Waals surface area (Å²) in [6, 6.07) is 11.4. The first-order valence-corrected chi connectivity index (χ1v) is 8.58. The Kier molecular flexibility index (Phi) is 4.30. The van der Waals surface area contributed by atoms with Gasteiger partial charge in [-0.05, 0) is 65.6 Å². The van der Waals surface area contributed by atoms with E-state index in [4.69, 9.17) is 0 Å². The van der Waals surface area contributed by atoms with Crippen LogP contribution in [0.2, 0.25) is 0 Å². The van der Waals surface area contributed by atoms with Crippen molar-refractivity contribution in [3.8, 4) is 11.1 Å². The number of hydrogen-bond donors (Lipinski definition) is 0. The molecule has 0 aromatic heterocycles. The predicted molar refractivity (Wildman–Crippen MR) is 95.7 cm³/mol. The Hall–Kier alpha value is -1.34. The van der Waals surface area contributed by atoms with Gasteiger partial charge in [-0.3, -0.25) is 0 Å². The van der Waals surface area contributed by atoms with Gasteiger partial charge in [0.15, 0.2) is 0 Å². The maximum Gasteiger partial charge on any atom is 0.0219 e. The predicted octanol–water partition coefficient (Wildman–Crippen LogP) is 6.34. The molecule has 2 aromatic carbocycles. The quantitative estimate of drug-likeness (QED) is 0.609. The molecule has 1 aliphatic rings. The molecule has 0 heterocycles. The topological polar surface area (TPSA) is 0 Å². The second-order valence-electron chi connectivity index (χ2n) is 5.85. The molecule has 0 radical (unpaired) electrons. The third kappa shape index (κ3) is 2.85. The van der Waals surface area contributed by atoms with Crippen LogP contribution in [0.3, 0.4) is 0 Å². The summed E-state index contributed by atoms with van der Waals surface area (Å²) >= 11 is 3.70. The summed E-state index contributed by atoms with van der Waals surface area (Å²) in [5.41, 5.74) is 8.33. The minimum absolute atomic E-state index is 1.04. The Balaban J connectivity index is 2.01. The lowest BCUT2D eigenvalue weighted by Crippen LogP contribution is -1.94. The minimum Gasteiger partial charge on any atom is -0.0794 e. The summed E-state index contributed by atoms with van der Waals surface area (Å²) in [6.45, 7) is 4.45. The summed E-state index contributed by atoms with van der Waals surface area (Å²) in [5.74, 6) is 0. The largest absolute Gasteiger partial charge is 0.0794 e. The number of hydrogen-bond acceptors (Lipinski definition) is 0. The highest BCUT2D eigenvalue weighted by Gasteiger charge is 2.17. The van der Waals surface area contributed by atoms with E-state index in [-0.39, 0.29) is 0 Å². The van der Waals surface area contributed by atoms with E-state index in [0.717, 1.165) is 6.42 Å². The molecule has 0 amide bonds. The van der Waals surface area contributed by atoms with Gasteiger partial charge in [-0.1, -0.05) is 65.7 Å². The lowest BCUT2D eigenvalue weighted by atomic mass is 9.92. The number of aryl methyl sites for hydroxylation is 2. The fourth-order valence-corrected chi connectivity index (χ4v) is 3.85. The average Bonchev–Trinajstić information content (AvgIpc) is 2.96. The van der Waals surface area contributed by atoms with E-state index in [2.05, 4.69) is 72.3 Å². The first-order valence-electron chi connectivity index (χ1n) is 7.78. The van der Waals surface area contributed by atoms with Crippen molar-refractivity contribution in [3.63, 3.8) is 0 Å². The van der Waals surface area contributed by atoms with Gasteiger partial charge in [0.25, 0.3) is 0 Å². The average molecular weight is 341 g/mol. The summed E-state index contributed by atoms with van der Waals surface area (Å²) in [6.07, 6.45) is 9.29. The van der Waals surface area contributed by atoms with E-state index < -0.39 is 0 Å². The van der Waals surface area contributed by atoms with Crippen molar-refractivity contribution in [2.45, 2.75) is 39.5 Å². The van der Waals surface area contributed by atoms with E-state index >= 15 is 0 Å². The summed E-state index contributed by atoms with van der Waals surface area (Å²) < 4.78 is 1.24. The Morgan fingerprint density at radius 2 is 1.90 bits per heavy atom. The van der Waals surface area contributed by atoms with E-state index in [1.807, 2.05) is 0 Å². The van der Waals surface area contributed by atoms with Crippen LogP contribution >= 0.6 is 15.9 Å². The number of benzene rings is 2. The zero-order valence-corrected chi connectivity index (χ0v) is 14.3. The van der Waals surface area contributed by atoms with Crippen LogP contribution in [0.25, 0.3) is 17.2 Å². The SMILES string of the molecule is CCCCc1ccc(-c2c(C)cc(Br)c3c2C=CC3)cc1. The van der Waals surface area contributed by atoms with E-state index in [0.29, 0.717) is 0 Å². The monoisotopic (exact) mass is 340 g/mol. The summed E-state index contributed by atoms with van der Waals surface area (Å²) in [5, 5.41) is 0. The van der Waals surface area contributed by atoms with Crippen molar-refractivity contribution >= 4 is 22.0 Å². The smallest absolute Gasteiger partial charge is 0.0219 e. The van der Waals surface area contributed by atoms with Gasteiger partial charge in [-0.25, -0.2) is 0 Å². The van der Waals surface area contributed by atoms with Gasteiger partial charge in [0.1, 0.15) is 0 Å². The third-order valence-corrected chi connectivity index (χ3v) is 5.00. The normalized spacial score (nSPS) is 12.7. The van der Waals surface area contributed by atoms with Gasteiger partial charge in [0.2, 0.25) is 0 Å². The van der Waals surface area contributed by atoms with Crippen LogP contribution in [-0.2, 0) is 12.8 Å². The molecule has 0 N–H and O–H groups in total. The molecule has 0 saturated heterocycles. The molecule has 0 nitrogen and oxygen atoms in total. The number of allylic oxidation sites excluding steroid dienone is 1. The number of rotatable bonds is 4. The number of fused-ring (bicyclic) bond motifs is 1. The Morgan fingerprint density at radius 3 is 2.62 bits per heavy atom. The molecular formula is C20H21Br. The molecule has 1 heteroatoms. The molecule has 0 unspecified atom stereocenters. The summed E-state index contributed by atoms with van der Waals surface area (Å²) in [7, 11) is 0. The van der Waals surface area contributed by atoms with Crippen molar-refractivity contribution in [1.29, 1.82) is 0 Å². The van der Waals surface area contributed by atoms with Crippen molar-refractivity contribution < 1.29 is 0 Å². The first kappa shape index (κ1) is 14.6. The van der Waals surface area contributed by atoms with Crippen molar-refractivity contribution in [2.75, 3.05) is 0 Å². The van der Waals surface area contributed by atoms with Crippen LogP contribution in [0.5, 0.6) is 0 Å². The molecule has 0 atom stereocenters. The molecule has 1 aliphatic carbocycles. The molecule has 0 saturated carbocycles. The second-order valence-corrected chi connectivity index (χ2v) is 6.70. The molecular weight excluding hydrogens is 320 g/mol. The molecule has 3 rings (SSSR count). The second kappa shape index (κ2) is 6.19. The molecule has 0 aliphatic heterocycles. The number of halogens is 1. The molecule has 0 fully saturated rings. The Morgan fingerprint density at radius 1 is 1.14 bits per heavy atom. The van der Waals surface area contributed by atoms with Crippen LogP contribution in [0, 0.1) is 6.92 Å². The van der Waals surface area contributed by atoms with Crippen LogP contribution < -0.4 is 0 Å². The lowest BCUT2D eigenvalue weighted by molar-refractivity contribution is 0.795. The maximum atomic E-state index is 3.70. The van der Waals surface area contributed by atoms with Gasteiger partial charge in [-0.15, -0.1) is 0 Å². The zero-order valence-electron chi connectivity index (χ0n) is 12.7. The van der Waals surface area contributed by atoms with Crippen molar-refractivity contribution in [1.82, 2.24) is 0 Å².